The summed E-state index contributed by atoms with van der Waals surface area (Å²) in [5, 5.41) is 0. The summed E-state index contributed by atoms with van der Waals surface area (Å²) in [5.74, 6) is 1.24. The van der Waals surface area contributed by atoms with E-state index in [4.69, 9.17) is 4.98 Å². The molecule has 0 bridgehead atoms. The molecule has 0 radical (unpaired) electrons. The third kappa shape index (κ3) is 3.93. The molecule has 1 aromatic heterocycles. The van der Waals surface area contributed by atoms with Gasteiger partial charge in [0, 0.05) is 25.6 Å². The number of hydrogen-bond acceptors (Lipinski definition) is 3. The summed E-state index contributed by atoms with van der Waals surface area (Å²) in [6.45, 7) is 6.99. The van der Waals surface area contributed by atoms with E-state index in [0.717, 1.165) is 25.0 Å². The van der Waals surface area contributed by atoms with E-state index in [2.05, 4.69) is 59.7 Å². The highest BCUT2D eigenvalue weighted by Gasteiger charge is 2.17. The lowest BCUT2D eigenvalue weighted by Crippen LogP contribution is -2.32. The molecule has 23 heavy (non-hydrogen) atoms. The van der Waals surface area contributed by atoms with Crippen molar-refractivity contribution in [1.29, 1.82) is 0 Å². The Balaban J connectivity index is 1.82. The summed E-state index contributed by atoms with van der Waals surface area (Å²) in [6, 6.07) is 8.99. The van der Waals surface area contributed by atoms with Gasteiger partial charge in [-0.2, -0.15) is 0 Å². The molecular weight excluding hydrogens is 284 g/mol. The smallest absolute Gasteiger partial charge is 0.111 e. The van der Waals surface area contributed by atoms with Gasteiger partial charge in [0.15, 0.2) is 0 Å². The zero-order valence-corrected chi connectivity index (χ0v) is 14.8. The predicted octanol–water partition coefficient (Wildman–Crippen LogP) is 3.19. The molecule has 0 unspecified atom stereocenters. The molecule has 126 valence electrons. The van der Waals surface area contributed by atoms with E-state index in [-0.39, 0.29) is 0 Å². The molecule has 1 aliphatic heterocycles. The van der Waals surface area contributed by atoms with Gasteiger partial charge < -0.3 is 14.4 Å². The van der Waals surface area contributed by atoms with Gasteiger partial charge in [0.1, 0.15) is 5.82 Å². The summed E-state index contributed by atoms with van der Waals surface area (Å²) in [5.41, 5.74) is 2.40. The van der Waals surface area contributed by atoms with Crippen LogP contribution in [-0.2, 0) is 6.42 Å². The first-order valence-electron chi connectivity index (χ1n) is 8.98. The maximum atomic E-state index is 4.94. The largest absolute Gasteiger partial charge is 0.324 e. The van der Waals surface area contributed by atoms with Gasteiger partial charge in [0.2, 0.25) is 0 Å². The van der Waals surface area contributed by atoms with E-state index in [1.165, 1.54) is 43.7 Å². The van der Waals surface area contributed by atoms with Crippen molar-refractivity contribution in [2.75, 3.05) is 40.3 Å². The number of rotatable bonds is 6. The molecule has 1 fully saturated rings. The number of fused-ring (bicyclic) bond motifs is 1. The Bertz CT molecular complexity index is 625. The molecular formula is C19H30N4. The second-order valence-corrected chi connectivity index (χ2v) is 7.15. The van der Waals surface area contributed by atoms with Gasteiger partial charge in [-0.3, -0.25) is 0 Å². The summed E-state index contributed by atoms with van der Waals surface area (Å²) in [7, 11) is 4.28. The van der Waals surface area contributed by atoms with Crippen molar-refractivity contribution in [1.82, 2.24) is 19.4 Å². The Kier molecular flexibility index (Phi) is 5.34. The third-order valence-electron chi connectivity index (χ3n) is 4.84. The van der Waals surface area contributed by atoms with Gasteiger partial charge in [-0.1, -0.05) is 18.6 Å². The molecule has 3 rings (SSSR count). The molecule has 0 saturated carbocycles. The van der Waals surface area contributed by atoms with Gasteiger partial charge in [-0.05, 0) is 59.1 Å². The van der Waals surface area contributed by atoms with Crippen LogP contribution in [0.3, 0.4) is 0 Å². The van der Waals surface area contributed by atoms with Crippen LogP contribution in [0.15, 0.2) is 24.3 Å². The predicted molar refractivity (Wildman–Crippen MR) is 97.0 cm³/mol. The number of nitrogens with zero attached hydrogens (tertiary/aromatic N) is 4. The van der Waals surface area contributed by atoms with Gasteiger partial charge in [0.05, 0.1) is 11.0 Å². The van der Waals surface area contributed by atoms with Crippen molar-refractivity contribution in [3.05, 3.63) is 30.1 Å². The highest BCUT2D eigenvalue weighted by atomic mass is 15.2. The summed E-state index contributed by atoms with van der Waals surface area (Å²) < 4.78 is 2.46. The van der Waals surface area contributed by atoms with Crippen LogP contribution >= 0.6 is 0 Å². The fourth-order valence-corrected chi connectivity index (χ4v) is 3.81. The third-order valence-corrected chi connectivity index (χ3v) is 4.84. The van der Waals surface area contributed by atoms with Gasteiger partial charge in [-0.15, -0.1) is 0 Å². The van der Waals surface area contributed by atoms with Crippen LogP contribution < -0.4 is 0 Å². The lowest BCUT2D eigenvalue weighted by Gasteiger charge is -2.27. The van der Waals surface area contributed by atoms with Gasteiger partial charge in [0.25, 0.3) is 0 Å². The molecule has 0 spiro atoms. The van der Waals surface area contributed by atoms with Crippen LogP contribution in [0.5, 0.6) is 0 Å². The van der Waals surface area contributed by atoms with E-state index >= 15 is 0 Å². The monoisotopic (exact) mass is 314 g/mol. The van der Waals surface area contributed by atoms with Crippen LogP contribution in [0, 0.1) is 0 Å². The van der Waals surface area contributed by atoms with Crippen molar-refractivity contribution >= 4 is 11.0 Å². The maximum absolute atomic E-state index is 4.94. The Labute approximate surface area is 140 Å². The lowest BCUT2D eigenvalue weighted by atomic mass is 10.1. The number of piperidine rings is 1. The van der Waals surface area contributed by atoms with E-state index in [0.29, 0.717) is 6.04 Å². The minimum Gasteiger partial charge on any atom is -0.324 e. The first kappa shape index (κ1) is 16.5. The van der Waals surface area contributed by atoms with Gasteiger partial charge in [-0.25, -0.2) is 4.98 Å². The van der Waals surface area contributed by atoms with Gasteiger partial charge >= 0.3 is 0 Å². The molecule has 4 nitrogen and oxygen atoms in total. The second kappa shape index (κ2) is 7.45. The second-order valence-electron chi connectivity index (χ2n) is 7.15. The minimum absolute atomic E-state index is 0.439. The molecule has 0 amide bonds. The first-order chi connectivity index (χ1) is 11.1. The highest BCUT2D eigenvalue weighted by Crippen LogP contribution is 2.22. The van der Waals surface area contributed by atoms with Crippen LogP contribution in [0.1, 0.15) is 38.1 Å². The van der Waals surface area contributed by atoms with Crippen LogP contribution in [0.4, 0.5) is 0 Å². The summed E-state index contributed by atoms with van der Waals surface area (Å²) >= 11 is 0. The molecule has 4 heteroatoms. The highest BCUT2D eigenvalue weighted by molar-refractivity contribution is 5.76. The zero-order chi connectivity index (χ0) is 16.2. The molecule has 1 atom stereocenters. The molecule has 1 aliphatic rings. The summed E-state index contributed by atoms with van der Waals surface area (Å²) in [4.78, 5) is 9.80. The molecule has 1 aromatic carbocycles. The maximum Gasteiger partial charge on any atom is 0.111 e. The quantitative estimate of drug-likeness (QED) is 0.818. The van der Waals surface area contributed by atoms with E-state index in [1.54, 1.807) is 0 Å². The van der Waals surface area contributed by atoms with Crippen LogP contribution in [0.25, 0.3) is 11.0 Å². The average Bonchev–Trinajstić information content (AvgIpc) is 2.91. The zero-order valence-electron chi connectivity index (χ0n) is 14.8. The summed E-state index contributed by atoms with van der Waals surface area (Å²) in [6.07, 6.45) is 5.15. The standard InChI is InChI=1S/C19H30N4/c1-16(15-21(2)3)23-18-10-6-5-9-17(18)20-19(23)11-14-22-12-7-4-8-13-22/h5-6,9-10,16H,4,7-8,11-15H2,1-3H3/t16-/m0/s1. The minimum atomic E-state index is 0.439. The molecule has 2 heterocycles. The normalized spacial score (nSPS) is 17.9. The number of likely N-dealkylation sites (N-methyl/N-ethyl adjacent to an activating group) is 1. The molecule has 2 aromatic rings. The number of benzene rings is 1. The fourth-order valence-electron chi connectivity index (χ4n) is 3.81. The Hall–Kier alpha value is -1.39. The Morgan fingerprint density at radius 3 is 2.61 bits per heavy atom. The van der Waals surface area contributed by atoms with E-state index in [9.17, 15) is 0 Å². The SMILES string of the molecule is C[C@@H](CN(C)C)n1c(CCN2CCCCC2)nc2ccccc21. The molecule has 0 aliphatic carbocycles. The number of para-hydroxylation sites is 2. The topological polar surface area (TPSA) is 24.3 Å². The van der Waals surface area contributed by atoms with Crippen molar-refractivity contribution < 1.29 is 0 Å². The first-order valence-corrected chi connectivity index (χ1v) is 8.98. The fraction of sp³-hybridized carbons (Fsp3) is 0.632. The number of likely N-dealkylation sites (tertiary alicyclic amines) is 1. The number of aromatic nitrogens is 2. The molecule has 0 N–H and O–H groups in total. The Morgan fingerprint density at radius 1 is 1.13 bits per heavy atom. The van der Waals surface area contributed by atoms with E-state index in [1.807, 2.05) is 0 Å². The lowest BCUT2D eigenvalue weighted by molar-refractivity contribution is 0.228. The van der Waals surface area contributed by atoms with Crippen molar-refractivity contribution in [3.63, 3.8) is 0 Å². The van der Waals surface area contributed by atoms with Crippen molar-refractivity contribution in [2.24, 2.45) is 0 Å². The van der Waals surface area contributed by atoms with E-state index < -0.39 is 0 Å². The number of imidazole rings is 1. The average molecular weight is 314 g/mol. The Morgan fingerprint density at radius 2 is 1.87 bits per heavy atom. The molecule has 1 saturated heterocycles. The van der Waals surface area contributed by atoms with Crippen molar-refractivity contribution in [2.45, 2.75) is 38.6 Å². The van der Waals surface area contributed by atoms with Crippen molar-refractivity contribution in [3.8, 4) is 0 Å². The van der Waals surface area contributed by atoms with Crippen LogP contribution in [-0.4, -0.2) is 59.6 Å². The number of hydrogen-bond donors (Lipinski definition) is 0. The van der Waals surface area contributed by atoms with Crippen LogP contribution in [0.2, 0.25) is 0 Å².